The van der Waals surface area contributed by atoms with Crippen LogP contribution in [-0.2, 0) is 33.3 Å². The first-order valence-electron chi connectivity index (χ1n) is 25.5. The largest absolute Gasteiger partial charge is 0.545 e. The van der Waals surface area contributed by atoms with E-state index in [0.29, 0.717) is 23.9 Å². The molecule has 374 valence electrons. The second-order valence-electron chi connectivity index (χ2n) is 17.7. The van der Waals surface area contributed by atoms with Gasteiger partial charge in [-0.3, -0.25) is 9.59 Å². The summed E-state index contributed by atoms with van der Waals surface area (Å²) in [6.07, 6.45) is 61.4. The fourth-order valence-corrected chi connectivity index (χ4v) is 6.36. The van der Waals surface area contributed by atoms with Gasteiger partial charge in [-0.2, -0.15) is 0 Å². The van der Waals surface area contributed by atoms with Gasteiger partial charge in [0, 0.05) is 12.8 Å². The van der Waals surface area contributed by atoms with Crippen molar-refractivity contribution in [2.24, 2.45) is 0 Å². The molecule has 66 heavy (non-hydrogen) atoms. The number of rotatable bonds is 45. The lowest BCUT2D eigenvalue weighted by Crippen LogP contribution is -2.44. The van der Waals surface area contributed by atoms with Crippen LogP contribution in [0.25, 0.3) is 0 Å². The topological polar surface area (TPSA) is 111 Å². The van der Waals surface area contributed by atoms with E-state index in [4.69, 9.17) is 18.9 Å². The number of quaternary nitrogens is 1. The maximum atomic E-state index is 12.8. The SMILES string of the molecule is CC/C=C\C/C=C\C/C=C\C/C=C\C/C=C\C/C=C\C/C=C\C/C=C\C/C=C\CCCC(=O)OC(COC(=O)CCCCCCCCCCCCCC)COC(OCC[N+](C)(C)C)C(=O)[O-]. The molecule has 0 aliphatic carbocycles. The van der Waals surface area contributed by atoms with E-state index in [1.54, 1.807) is 0 Å². The van der Waals surface area contributed by atoms with Crippen molar-refractivity contribution in [3.63, 3.8) is 0 Å². The van der Waals surface area contributed by atoms with Crippen molar-refractivity contribution in [3.8, 4) is 0 Å². The number of carboxylic acid groups (broad SMARTS) is 1. The van der Waals surface area contributed by atoms with Gasteiger partial charge in [0.05, 0.1) is 40.3 Å². The molecule has 0 saturated carbocycles. The molecule has 2 unspecified atom stereocenters. The van der Waals surface area contributed by atoms with Crippen molar-refractivity contribution in [3.05, 3.63) is 109 Å². The Morgan fingerprint density at radius 1 is 0.470 bits per heavy atom. The fraction of sp³-hybridized carbons (Fsp3) is 0.632. The highest BCUT2D eigenvalue weighted by Crippen LogP contribution is 2.13. The normalized spacial score (nSPS) is 13.8. The molecule has 0 aromatic rings. The number of carbonyl (C=O) groups is 3. The first-order valence-corrected chi connectivity index (χ1v) is 25.5. The van der Waals surface area contributed by atoms with Crippen LogP contribution >= 0.6 is 0 Å². The van der Waals surface area contributed by atoms with Crippen molar-refractivity contribution in [2.75, 3.05) is 47.5 Å². The van der Waals surface area contributed by atoms with Crippen LogP contribution in [0.1, 0.15) is 174 Å². The summed E-state index contributed by atoms with van der Waals surface area (Å²) in [6.45, 7) is 4.53. The highest BCUT2D eigenvalue weighted by Gasteiger charge is 2.21. The van der Waals surface area contributed by atoms with E-state index in [0.717, 1.165) is 77.0 Å². The Labute approximate surface area is 403 Å². The summed E-state index contributed by atoms with van der Waals surface area (Å²) in [5.41, 5.74) is 0. The summed E-state index contributed by atoms with van der Waals surface area (Å²) in [5, 5.41) is 11.7. The Hall–Kier alpha value is -4.05. The Morgan fingerprint density at radius 2 is 0.864 bits per heavy atom. The molecule has 0 aliphatic rings. The minimum absolute atomic E-state index is 0.132. The van der Waals surface area contributed by atoms with E-state index in [9.17, 15) is 19.5 Å². The molecule has 0 aromatic carbocycles. The maximum Gasteiger partial charge on any atom is 0.306 e. The highest BCUT2D eigenvalue weighted by atomic mass is 16.7. The van der Waals surface area contributed by atoms with Crippen LogP contribution in [0.5, 0.6) is 0 Å². The van der Waals surface area contributed by atoms with Crippen LogP contribution < -0.4 is 5.11 Å². The number of carboxylic acids is 1. The predicted octanol–water partition coefficient (Wildman–Crippen LogP) is 13.1. The molecule has 0 rings (SSSR count). The highest BCUT2D eigenvalue weighted by molar-refractivity contribution is 5.70. The molecular weight excluding hydrogens is 827 g/mol. The molecule has 0 bridgehead atoms. The van der Waals surface area contributed by atoms with Gasteiger partial charge in [-0.15, -0.1) is 0 Å². The Bertz CT molecular complexity index is 1440. The van der Waals surface area contributed by atoms with Gasteiger partial charge >= 0.3 is 11.9 Å². The van der Waals surface area contributed by atoms with Gasteiger partial charge in [0.2, 0.25) is 0 Å². The fourth-order valence-electron chi connectivity index (χ4n) is 6.36. The van der Waals surface area contributed by atoms with Crippen molar-refractivity contribution in [1.82, 2.24) is 0 Å². The molecule has 0 heterocycles. The van der Waals surface area contributed by atoms with Crippen LogP contribution in [0.15, 0.2) is 109 Å². The Balaban J connectivity index is 4.44. The zero-order valence-electron chi connectivity index (χ0n) is 42.3. The van der Waals surface area contributed by atoms with E-state index >= 15 is 0 Å². The third-order valence-corrected chi connectivity index (χ3v) is 10.3. The molecule has 9 heteroatoms. The number of aliphatic carboxylic acids is 1. The minimum atomic E-state index is -1.64. The summed E-state index contributed by atoms with van der Waals surface area (Å²) in [7, 11) is 5.88. The second kappa shape index (κ2) is 47.4. The number of esters is 2. The third kappa shape index (κ3) is 47.9. The number of hydrogen-bond acceptors (Lipinski definition) is 8. The van der Waals surface area contributed by atoms with Crippen molar-refractivity contribution in [1.29, 1.82) is 0 Å². The monoisotopic (exact) mass is 920 g/mol. The van der Waals surface area contributed by atoms with Gasteiger partial charge in [-0.25, -0.2) is 0 Å². The average Bonchev–Trinajstić information content (AvgIpc) is 3.28. The first-order chi connectivity index (χ1) is 32.1. The zero-order valence-corrected chi connectivity index (χ0v) is 42.3. The average molecular weight is 920 g/mol. The van der Waals surface area contributed by atoms with Gasteiger partial charge in [-0.05, 0) is 77.0 Å². The number of allylic oxidation sites excluding steroid dienone is 18. The number of unbranched alkanes of at least 4 members (excludes halogenated alkanes) is 12. The van der Waals surface area contributed by atoms with E-state index in [1.807, 2.05) is 27.2 Å². The van der Waals surface area contributed by atoms with Crippen LogP contribution in [0, 0.1) is 0 Å². The minimum Gasteiger partial charge on any atom is -0.545 e. The van der Waals surface area contributed by atoms with Crippen LogP contribution in [-0.4, -0.2) is 82.3 Å². The standard InChI is InChI=1S/C57H93NO8/c1-6-8-10-12-14-16-18-20-21-22-23-24-25-26-27-28-29-30-31-32-33-34-35-36-38-40-42-44-46-48-55(60)66-53(52-65-57(56(61)62)63-50-49-58(3,4)5)51-64-54(59)47-45-43-41-39-37-19-17-15-13-11-9-7-2/h8,10,14,16,20-21,23-24,26-27,29-30,32-33,35-36,40,42,53,57H,6-7,9,11-13,15,17-19,22,25,28,31,34,37-39,41,43-52H2,1-5H3/b10-8-,16-14-,21-20-,24-23-,27-26-,30-29-,33-32-,36-35-,42-40-. The second-order valence-corrected chi connectivity index (χ2v) is 17.7. The molecule has 0 N–H and O–H groups in total. The zero-order chi connectivity index (χ0) is 48.4. The Kier molecular flexibility index (Phi) is 44.5. The lowest BCUT2D eigenvalue weighted by Gasteiger charge is -2.26. The molecule has 0 fully saturated rings. The van der Waals surface area contributed by atoms with E-state index in [2.05, 4.69) is 117 Å². The molecule has 0 aliphatic heterocycles. The smallest absolute Gasteiger partial charge is 0.306 e. The maximum absolute atomic E-state index is 12.8. The first kappa shape index (κ1) is 62.0. The number of carbonyl (C=O) groups excluding carboxylic acids is 3. The quantitative estimate of drug-likeness (QED) is 0.0195. The number of likely N-dealkylation sites (N-methyl/N-ethyl adjacent to an activating group) is 1. The van der Waals surface area contributed by atoms with E-state index in [-0.39, 0.29) is 38.6 Å². The van der Waals surface area contributed by atoms with Gasteiger partial charge in [0.25, 0.3) is 0 Å². The summed E-state index contributed by atoms with van der Waals surface area (Å²) in [4.78, 5) is 37.0. The number of ether oxygens (including phenoxy) is 4. The van der Waals surface area contributed by atoms with Gasteiger partial charge in [-0.1, -0.05) is 194 Å². The molecule has 0 spiro atoms. The number of nitrogens with zero attached hydrogens (tertiary/aromatic N) is 1. The summed E-state index contributed by atoms with van der Waals surface area (Å²) >= 11 is 0. The summed E-state index contributed by atoms with van der Waals surface area (Å²) < 4.78 is 22.5. The third-order valence-electron chi connectivity index (χ3n) is 10.3. The number of hydrogen-bond donors (Lipinski definition) is 0. The van der Waals surface area contributed by atoms with E-state index < -0.39 is 24.3 Å². The molecule has 0 aromatic heterocycles. The van der Waals surface area contributed by atoms with Crippen LogP contribution in [0.4, 0.5) is 0 Å². The summed E-state index contributed by atoms with van der Waals surface area (Å²) in [6, 6.07) is 0. The van der Waals surface area contributed by atoms with Crippen LogP contribution in [0.3, 0.4) is 0 Å². The molecule has 0 amide bonds. The van der Waals surface area contributed by atoms with Crippen molar-refractivity contribution < 1.29 is 42.9 Å². The molecule has 9 nitrogen and oxygen atoms in total. The summed E-state index contributed by atoms with van der Waals surface area (Å²) in [5.74, 6) is -2.38. The lowest BCUT2D eigenvalue weighted by atomic mass is 10.0. The van der Waals surface area contributed by atoms with Crippen LogP contribution in [0.2, 0.25) is 0 Å². The van der Waals surface area contributed by atoms with Gasteiger partial charge in [0.15, 0.2) is 12.4 Å². The lowest BCUT2D eigenvalue weighted by molar-refractivity contribution is -0.870. The van der Waals surface area contributed by atoms with Gasteiger partial charge < -0.3 is 33.3 Å². The Morgan fingerprint density at radius 3 is 1.27 bits per heavy atom. The van der Waals surface area contributed by atoms with Gasteiger partial charge in [0.1, 0.15) is 13.2 Å². The van der Waals surface area contributed by atoms with Crippen molar-refractivity contribution >= 4 is 17.9 Å². The van der Waals surface area contributed by atoms with E-state index in [1.165, 1.54) is 57.8 Å². The molecular formula is C57H93NO8. The predicted molar refractivity (Wildman–Crippen MR) is 273 cm³/mol. The molecule has 0 radical (unpaired) electrons. The molecule has 2 atom stereocenters. The van der Waals surface area contributed by atoms with Crippen molar-refractivity contribution in [2.45, 2.75) is 187 Å². The molecule has 0 saturated heterocycles.